The van der Waals surface area contributed by atoms with Gasteiger partial charge in [-0.2, -0.15) is 0 Å². The molecule has 0 unspecified atom stereocenters. The van der Waals surface area contributed by atoms with E-state index in [1.54, 1.807) is 0 Å². The van der Waals surface area contributed by atoms with Gasteiger partial charge in [-0.3, -0.25) is 9.69 Å². The van der Waals surface area contributed by atoms with Crippen molar-refractivity contribution in [3.05, 3.63) is 71.3 Å². The smallest absolute Gasteiger partial charge is 0.176 e. The Bertz CT molecular complexity index is 627. The first kappa shape index (κ1) is 15.0. The highest BCUT2D eigenvalue weighted by Crippen LogP contribution is 2.30. The summed E-state index contributed by atoms with van der Waals surface area (Å²) in [5, 5.41) is 0. The molecule has 0 N–H and O–H groups in total. The molecule has 1 aliphatic rings. The standard InChI is InChI=1S/C20H23NO/c1-16-7-5-6-10-19(16)17-11-13-21(14-12-17)15-20(22)18-8-3-2-4-9-18/h2-10,17H,11-15H2,1H3. The molecule has 2 heteroatoms. The molecule has 0 saturated carbocycles. The number of rotatable bonds is 4. The van der Waals surface area contributed by atoms with Crippen LogP contribution in [0.4, 0.5) is 0 Å². The van der Waals surface area contributed by atoms with Crippen molar-refractivity contribution in [3.63, 3.8) is 0 Å². The predicted molar refractivity (Wildman–Crippen MR) is 90.4 cm³/mol. The van der Waals surface area contributed by atoms with Crippen LogP contribution in [0.3, 0.4) is 0 Å². The number of nitrogens with zero attached hydrogens (tertiary/aromatic N) is 1. The van der Waals surface area contributed by atoms with Crippen molar-refractivity contribution in [2.24, 2.45) is 0 Å². The minimum absolute atomic E-state index is 0.231. The van der Waals surface area contributed by atoms with Gasteiger partial charge in [-0.05, 0) is 49.9 Å². The molecule has 22 heavy (non-hydrogen) atoms. The van der Waals surface area contributed by atoms with Gasteiger partial charge in [-0.15, -0.1) is 0 Å². The van der Waals surface area contributed by atoms with Crippen molar-refractivity contribution < 1.29 is 4.79 Å². The lowest BCUT2D eigenvalue weighted by atomic mass is 9.87. The van der Waals surface area contributed by atoms with Crippen molar-refractivity contribution in [1.29, 1.82) is 0 Å². The van der Waals surface area contributed by atoms with Gasteiger partial charge in [-0.1, -0.05) is 54.6 Å². The molecule has 0 amide bonds. The Kier molecular flexibility index (Phi) is 4.69. The first-order valence-electron chi connectivity index (χ1n) is 8.10. The Morgan fingerprint density at radius 2 is 1.64 bits per heavy atom. The molecule has 2 aromatic carbocycles. The minimum atomic E-state index is 0.231. The molecule has 0 spiro atoms. The average molecular weight is 293 g/mol. The number of carbonyl (C=O) groups is 1. The van der Waals surface area contributed by atoms with Gasteiger partial charge in [0.05, 0.1) is 6.54 Å². The molecule has 1 saturated heterocycles. The minimum Gasteiger partial charge on any atom is -0.296 e. The summed E-state index contributed by atoms with van der Waals surface area (Å²) >= 11 is 0. The third-order valence-corrected chi connectivity index (χ3v) is 4.68. The molecule has 114 valence electrons. The quantitative estimate of drug-likeness (QED) is 0.792. The fourth-order valence-electron chi connectivity index (χ4n) is 3.37. The molecule has 0 atom stereocenters. The Labute approximate surface area is 132 Å². The van der Waals surface area contributed by atoms with Gasteiger partial charge in [0.25, 0.3) is 0 Å². The van der Waals surface area contributed by atoms with Crippen LogP contribution in [0, 0.1) is 6.92 Å². The molecule has 3 rings (SSSR count). The SMILES string of the molecule is Cc1ccccc1C1CCN(CC(=O)c2ccccc2)CC1. The monoisotopic (exact) mass is 293 g/mol. The Hall–Kier alpha value is -1.93. The molecular weight excluding hydrogens is 270 g/mol. The lowest BCUT2D eigenvalue weighted by Crippen LogP contribution is -2.36. The van der Waals surface area contributed by atoms with E-state index in [0.717, 1.165) is 31.5 Å². The van der Waals surface area contributed by atoms with Crippen molar-refractivity contribution in [2.75, 3.05) is 19.6 Å². The fraction of sp³-hybridized carbons (Fsp3) is 0.350. The summed E-state index contributed by atoms with van der Waals surface area (Å²) in [5.41, 5.74) is 3.70. The third kappa shape index (κ3) is 3.45. The van der Waals surface area contributed by atoms with Crippen molar-refractivity contribution in [1.82, 2.24) is 4.90 Å². The number of ketones is 1. The number of hydrogen-bond acceptors (Lipinski definition) is 2. The molecule has 1 aliphatic heterocycles. The van der Waals surface area contributed by atoms with Gasteiger partial charge in [0.15, 0.2) is 5.78 Å². The third-order valence-electron chi connectivity index (χ3n) is 4.68. The fourth-order valence-corrected chi connectivity index (χ4v) is 3.37. The number of hydrogen-bond donors (Lipinski definition) is 0. The zero-order valence-corrected chi connectivity index (χ0v) is 13.2. The van der Waals surface area contributed by atoms with Crippen molar-refractivity contribution in [3.8, 4) is 0 Å². The second-order valence-corrected chi connectivity index (χ2v) is 6.20. The summed E-state index contributed by atoms with van der Waals surface area (Å²) in [4.78, 5) is 14.6. The Morgan fingerprint density at radius 1 is 1.00 bits per heavy atom. The maximum absolute atomic E-state index is 12.3. The first-order valence-corrected chi connectivity index (χ1v) is 8.10. The lowest BCUT2D eigenvalue weighted by molar-refractivity contribution is 0.0909. The summed E-state index contributed by atoms with van der Waals surface area (Å²) in [6, 6.07) is 18.3. The molecular formula is C20H23NO. The van der Waals surface area contributed by atoms with Crippen LogP contribution in [0.15, 0.2) is 54.6 Å². The predicted octanol–water partition coefficient (Wildman–Crippen LogP) is 4.06. The summed E-state index contributed by atoms with van der Waals surface area (Å²) in [6.45, 7) is 4.76. The number of Topliss-reactive ketones (excluding diaryl/α,β-unsaturated/α-hetero) is 1. The van der Waals surface area contributed by atoms with E-state index >= 15 is 0 Å². The highest BCUT2D eigenvalue weighted by atomic mass is 16.1. The van der Waals surface area contributed by atoms with E-state index in [-0.39, 0.29) is 5.78 Å². The van der Waals surface area contributed by atoms with Crippen molar-refractivity contribution in [2.45, 2.75) is 25.7 Å². The summed E-state index contributed by atoms with van der Waals surface area (Å²) < 4.78 is 0. The normalized spacial score (nSPS) is 16.6. The largest absolute Gasteiger partial charge is 0.296 e. The van der Waals surface area contributed by atoms with Gasteiger partial charge < -0.3 is 0 Å². The number of piperidine rings is 1. The van der Waals surface area contributed by atoms with Crippen LogP contribution in [0.2, 0.25) is 0 Å². The lowest BCUT2D eigenvalue weighted by Gasteiger charge is -2.32. The van der Waals surface area contributed by atoms with E-state index in [0.29, 0.717) is 12.5 Å². The van der Waals surface area contributed by atoms with E-state index in [9.17, 15) is 4.79 Å². The van der Waals surface area contributed by atoms with Gasteiger partial charge in [0, 0.05) is 5.56 Å². The average Bonchev–Trinajstić information content (AvgIpc) is 2.57. The van der Waals surface area contributed by atoms with Crippen LogP contribution in [0.25, 0.3) is 0 Å². The molecule has 1 fully saturated rings. The zero-order valence-electron chi connectivity index (χ0n) is 13.2. The topological polar surface area (TPSA) is 20.3 Å². The van der Waals surface area contributed by atoms with Crippen LogP contribution in [0.1, 0.15) is 40.2 Å². The maximum atomic E-state index is 12.3. The van der Waals surface area contributed by atoms with Crippen LogP contribution in [-0.4, -0.2) is 30.3 Å². The summed E-state index contributed by atoms with van der Waals surface area (Å²) in [5.74, 6) is 0.874. The summed E-state index contributed by atoms with van der Waals surface area (Å²) in [7, 11) is 0. The van der Waals surface area contributed by atoms with E-state index in [1.165, 1.54) is 11.1 Å². The Morgan fingerprint density at radius 3 is 2.32 bits per heavy atom. The van der Waals surface area contributed by atoms with E-state index in [4.69, 9.17) is 0 Å². The molecule has 0 radical (unpaired) electrons. The first-order chi connectivity index (χ1) is 10.7. The van der Waals surface area contributed by atoms with E-state index < -0.39 is 0 Å². The number of carbonyl (C=O) groups excluding carboxylic acids is 1. The summed E-state index contributed by atoms with van der Waals surface area (Å²) in [6.07, 6.45) is 2.29. The van der Waals surface area contributed by atoms with Gasteiger partial charge in [0.2, 0.25) is 0 Å². The molecule has 2 nitrogen and oxygen atoms in total. The molecule has 0 bridgehead atoms. The molecule has 0 aromatic heterocycles. The van der Waals surface area contributed by atoms with E-state index in [2.05, 4.69) is 36.1 Å². The Balaban J connectivity index is 1.56. The number of likely N-dealkylation sites (tertiary alicyclic amines) is 1. The van der Waals surface area contributed by atoms with Crippen LogP contribution >= 0.6 is 0 Å². The highest BCUT2D eigenvalue weighted by molar-refractivity contribution is 5.97. The maximum Gasteiger partial charge on any atom is 0.176 e. The van der Waals surface area contributed by atoms with Crippen LogP contribution in [-0.2, 0) is 0 Å². The van der Waals surface area contributed by atoms with Crippen LogP contribution in [0.5, 0.6) is 0 Å². The molecule has 2 aromatic rings. The highest BCUT2D eigenvalue weighted by Gasteiger charge is 2.23. The second kappa shape index (κ2) is 6.89. The van der Waals surface area contributed by atoms with Gasteiger partial charge >= 0.3 is 0 Å². The number of aryl methyl sites for hydroxylation is 1. The van der Waals surface area contributed by atoms with E-state index in [1.807, 2.05) is 30.3 Å². The number of benzene rings is 2. The second-order valence-electron chi connectivity index (χ2n) is 6.20. The molecule has 1 heterocycles. The van der Waals surface area contributed by atoms with Gasteiger partial charge in [0.1, 0.15) is 0 Å². The molecule has 0 aliphatic carbocycles. The zero-order chi connectivity index (χ0) is 15.4. The van der Waals surface area contributed by atoms with Crippen molar-refractivity contribution >= 4 is 5.78 Å². The van der Waals surface area contributed by atoms with Crippen LogP contribution < -0.4 is 0 Å². The van der Waals surface area contributed by atoms with Gasteiger partial charge in [-0.25, -0.2) is 0 Å².